The average molecular weight is 223 g/mol. The Morgan fingerprint density at radius 3 is 2.56 bits per heavy atom. The lowest BCUT2D eigenvalue weighted by Crippen LogP contribution is -2.22. The summed E-state index contributed by atoms with van der Waals surface area (Å²) < 4.78 is 5.25. The van der Waals surface area contributed by atoms with Crippen LogP contribution in [0.2, 0.25) is 0 Å². The van der Waals surface area contributed by atoms with Crippen molar-refractivity contribution in [2.75, 3.05) is 13.7 Å². The molecule has 0 saturated carbocycles. The SMILES string of the molecule is COc1cc(C)c(C)cc1CNCC(=O)O. The Labute approximate surface area is 95.2 Å². The van der Waals surface area contributed by atoms with Gasteiger partial charge in [-0.2, -0.15) is 0 Å². The van der Waals surface area contributed by atoms with Crippen molar-refractivity contribution in [2.24, 2.45) is 0 Å². The van der Waals surface area contributed by atoms with Gasteiger partial charge in [0.05, 0.1) is 13.7 Å². The van der Waals surface area contributed by atoms with Gasteiger partial charge in [0.1, 0.15) is 5.75 Å². The molecule has 0 amide bonds. The van der Waals surface area contributed by atoms with Crippen molar-refractivity contribution in [1.29, 1.82) is 0 Å². The van der Waals surface area contributed by atoms with E-state index in [0.29, 0.717) is 6.54 Å². The van der Waals surface area contributed by atoms with Crippen molar-refractivity contribution >= 4 is 5.97 Å². The van der Waals surface area contributed by atoms with E-state index in [4.69, 9.17) is 9.84 Å². The first-order valence-corrected chi connectivity index (χ1v) is 5.11. The Morgan fingerprint density at radius 2 is 2.00 bits per heavy atom. The molecule has 4 heteroatoms. The maximum Gasteiger partial charge on any atom is 0.317 e. The maximum absolute atomic E-state index is 10.4. The van der Waals surface area contributed by atoms with E-state index in [0.717, 1.165) is 11.3 Å². The second-order valence-corrected chi connectivity index (χ2v) is 3.75. The van der Waals surface area contributed by atoms with Crippen LogP contribution < -0.4 is 10.1 Å². The third-order valence-electron chi connectivity index (χ3n) is 2.49. The van der Waals surface area contributed by atoms with Gasteiger partial charge in [0.15, 0.2) is 0 Å². The fraction of sp³-hybridized carbons (Fsp3) is 0.417. The second kappa shape index (κ2) is 5.51. The lowest BCUT2D eigenvalue weighted by molar-refractivity contribution is -0.135. The zero-order valence-corrected chi connectivity index (χ0v) is 9.83. The molecule has 16 heavy (non-hydrogen) atoms. The highest BCUT2D eigenvalue weighted by Gasteiger charge is 2.06. The van der Waals surface area contributed by atoms with Crippen LogP contribution in [0, 0.1) is 13.8 Å². The summed E-state index contributed by atoms with van der Waals surface area (Å²) in [6, 6.07) is 3.98. The van der Waals surface area contributed by atoms with E-state index >= 15 is 0 Å². The van der Waals surface area contributed by atoms with E-state index in [2.05, 4.69) is 5.32 Å². The van der Waals surface area contributed by atoms with Gasteiger partial charge in [-0.1, -0.05) is 6.07 Å². The molecule has 0 saturated heterocycles. The number of carbonyl (C=O) groups is 1. The van der Waals surface area contributed by atoms with E-state index in [-0.39, 0.29) is 6.54 Å². The lowest BCUT2D eigenvalue weighted by Gasteiger charge is -2.11. The molecule has 2 N–H and O–H groups in total. The molecule has 0 aromatic heterocycles. The van der Waals surface area contributed by atoms with Gasteiger partial charge < -0.3 is 15.2 Å². The van der Waals surface area contributed by atoms with Crippen molar-refractivity contribution in [2.45, 2.75) is 20.4 Å². The molecular weight excluding hydrogens is 206 g/mol. The van der Waals surface area contributed by atoms with Gasteiger partial charge in [-0.3, -0.25) is 4.79 Å². The predicted molar refractivity (Wildman–Crippen MR) is 61.8 cm³/mol. The number of hydrogen-bond acceptors (Lipinski definition) is 3. The minimum absolute atomic E-state index is 0.0456. The van der Waals surface area contributed by atoms with Crippen LogP contribution in [0.5, 0.6) is 5.75 Å². The second-order valence-electron chi connectivity index (χ2n) is 3.75. The summed E-state index contributed by atoms with van der Waals surface area (Å²) in [7, 11) is 1.62. The molecule has 1 aromatic carbocycles. The molecule has 1 rings (SSSR count). The molecule has 88 valence electrons. The first kappa shape index (κ1) is 12.5. The zero-order chi connectivity index (χ0) is 12.1. The van der Waals surface area contributed by atoms with E-state index in [1.807, 2.05) is 26.0 Å². The summed E-state index contributed by atoms with van der Waals surface area (Å²) in [5, 5.41) is 11.4. The van der Waals surface area contributed by atoms with Crippen LogP contribution in [0.15, 0.2) is 12.1 Å². The highest BCUT2D eigenvalue weighted by atomic mass is 16.5. The van der Waals surface area contributed by atoms with Crippen molar-refractivity contribution in [3.8, 4) is 5.75 Å². The first-order chi connectivity index (χ1) is 7.54. The summed E-state index contributed by atoms with van der Waals surface area (Å²) in [5.74, 6) is -0.0659. The molecule has 0 spiro atoms. The molecule has 0 aliphatic heterocycles. The largest absolute Gasteiger partial charge is 0.496 e. The van der Waals surface area contributed by atoms with Gasteiger partial charge in [-0.25, -0.2) is 0 Å². The van der Waals surface area contributed by atoms with Crippen molar-refractivity contribution in [3.05, 3.63) is 28.8 Å². The first-order valence-electron chi connectivity index (χ1n) is 5.11. The Hall–Kier alpha value is -1.55. The van der Waals surface area contributed by atoms with Crippen LogP contribution in [0.3, 0.4) is 0 Å². The van der Waals surface area contributed by atoms with Gasteiger partial charge in [-0.05, 0) is 31.0 Å². The highest BCUT2D eigenvalue weighted by Crippen LogP contribution is 2.22. The number of methoxy groups -OCH3 is 1. The molecule has 0 fully saturated rings. The van der Waals surface area contributed by atoms with Crippen LogP contribution in [0.1, 0.15) is 16.7 Å². The molecule has 4 nitrogen and oxygen atoms in total. The number of carboxylic acid groups (broad SMARTS) is 1. The van der Waals surface area contributed by atoms with E-state index < -0.39 is 5.97 Å². The van der Waals surface area contributed by atoms with Gasteiger partial charge >= 0.3 is 5.97 Å². The number of aryl methyl sites for hydroxylation is 2. The van der Waals surface area contributed by atoms with Gasteiger partial charge in [0.2, 0.25) is 0 Å². The van der Waals surface area contributed by atoms with Gasteiger partial charge in [0.25, 0.3) is 0 Å². The fourth-order valence-electron chi connectivity index (χ4n) is 1.48. The van der Waals surface area contributed by atoms with E-state index in [1.165, 1.54) is 11.1 Å². The monoisotopic (exact) mass is 223 g/mol. The molecule has 0 heterocycles. The van der Waals surface area contributed by atoms with Crippen molar-refractivity contribution in [3.63, 3.8) is 0 Å². The number of nitrogens with one attached hydrogen (secondary N) is 1. The number of carboxylic acids is 1. The maximum atomic E-state index is 10.4. The molecule has 0 atom stereocenters. The Morgan fingerprint density at radius 1 is 1.38 bits per heavy atom. The number of hydrogen-bond donors (Lipinski definition) is 2. The topological polar surface area (TPSA) is 58.6 Å². The predicted octanol–water partition coefficient (Wildman–Crippen LogP) is 1.49. The summed E-state index contributed by atoms with van der Waals surface area (Å²) in [6.45, 7) is 4.49. The minimum Gasteiger partial charge on any atom is -0.496 e. The van der Waals surface area contributed by atoms with Gasteiger partial charge in [-0.15, -0.1) is 0 Å². The van der Waals surface area contributed by atoms with Crippen LogP contribution in [-0.2, 0) is 11.3 Å². The number of aliphatic carboxylic acids is 1. The van der Waals surface area contributed by atoms with E-state index in [9.17, 15) is 4.79 Å². The summed E-state index contributed by atoms with van der Waals surface area (Å²) >= 11 is 0. The number of ether oxygens (including phenoxy) is 1. The lowest BCUT2D eigenvalue weighted by atomic mass is 10.1. The minimum atomic E-state index is -0.859. The normalized spacial score (nSPS) is 10.2. The van der Waals surface area contributed by atoms with Crippen molar-refractivity contribution < 1.29 is 14.6 Å². The molecule has 0 unspecified atom stereocenters. The molecule has 0 aliphatic rings. The van der Waals surface area contributed by atoms with Crippen LogP contribution in [0.4, 0.5) is 0 Å². The van der Waals surface area contributed by atoms with Crippen LogP contribution >= 0.6 is 0 Å². The smallest absolute Gasteiger partial charge is 0.317 e. The summed E-state index contributed by atoms with van der Waals surface area (Å²) in [6.07, 6.45) is 0. The fourth-order valence-corrected chi connectivity index (χ4v) is 1.48. The molecule has 0 aliphatic carbocycles. The molecular formula is C12H17NO3. The summed E-state index contributed by atoms with van der Waals surface area (Å²) in [5.41, 5.74) is 3.32. The average Bonchev–Trinajstić information content (AvgIpc) is 2.22. The summed E-state index contributed by atoms with van der Waals surface area (Å²) in [4.78, 5) is 10.4. The van der Waals surface area contributed by atoms with Crippen molar-refractivity contribution in [1.82, 2.24) is 5.32 Å². The highest BCUT2D eigenvalue weighted by molar-refractivity contribution is 5.69. The molecule has 1 aromatic rings. The van der Waals surface area contributed by atoms with Crippen LogP contribution in [-0.4, -0.2) is 24.7 Å². The van der Waals surface area contributed by atoms with E-state index in [1.54, 1.807) is 7.11 Å². The Kier molecular flexibility index (Phi) is 4.31. The molecule has 0 radical (unpaired) electrons. The van der Waals surface area contributed by atoms with Crippen LogP contribution in [0.25, 0.3) is 0 Å². The zero-order valence-electron chi connectivity index (χ0n) is 9.83. The molecule has 0 bridgehead atoms. The van der Waals surface area contributed by atoms with Gasteiger partial charge in [0, 0.05) is 12.1 Å². The number of rotatable bonds is 5. The Balaban J connectivity index is 2.77. The third kappa shape index (κ3) is 3.24. The Bertz CT molecular complexity index is 388. The quantitative estimate of drug-likeness (QED) is 0.794. The standard InChI is InChI=1S/C12H17NO3/c1-8-4-10(6-13-7-12(14)15)11(16-3)5-9(8)2/h4-5,13H,6-7H2,1-3H3,(H,14,15). The number of benzene rings is 1. The third-order valence-corrected chi connectivity index (χ3v) is 2.49.